The summed E-state index contributed by atoms with van der Waals surface area (Å²) in [5.74, 6) is 0.323. The molecule has 1 unspecified atom stereocenters. The van der Waals surface area contributed by atoms with Gasteiger partial charge in [-0.2, -0.15) is 0 Å². The Bertz CT molecular complexity index is 649. The van der Waals surface area contributed by atoms with Crippen LogP contribution in [0.5, 0.6) is 5.75 Å². The van der Waals surface area contributed by atoms with Gasteiger partial charge in [-0.25, -0.2) is 4.39 Å². The van der Waals surface area contributed by atoms with Crippen molar-refractivity contribution in [2.75, 3.05) is 7.11 Å². The number of ether oxygens (including phenoxy) is 1. The lowest BCUT2D eigenvalue weighted by Gasteiger charge is -2.17. The summed E-state index contributed by atoms with van der Waals surface area (Å²) in [4.78, 5) is -0.370. The predicted molar refractivity (Wildman–Crippen MR) is 90.6 cm³/mol. The van der Waals surface area contributed by atoms with Crippen LogP contribution in [0.25, 0.3) is 0 Å². The SMILES string of the molecule is COc1c(Br)cc(Cl)cc1C(Br)c1cc(Br)ccc1F. The summed E-state index contributed by atoms with van der Waals surface area (Å²) >= 11 is 16.3. The second kappa shape index (κ2) is 6.77. The second-order valence-corrected chi connectivity index (χ2v) is 7.16. The molecule has 0 saturated carbocycles. The number of benzene rings is 2. The molecule has 0 aliphatic heterocycles. The summed E-state index contributed by atoms with van der Waals surface area (Å²) in [5, 5.41) is 0.549. The average molecular weight is 487 g/mol. The van der Waals surface area contributed by atoms with Gasteiger partial charge in [-0.15, -0.1) is 0 Å². The molecule has 2 rings (SSSR count). The van der Waals surface area contributed by atoms with Crippen molar-refractivity contribution in [2.24, 2.45) is 0 Å². The van der Waals surface area contributed by atoms with E-state index in [0.717, 1.165) is 14.5 Å². The minimum absolute atomic E-state index is 0.298. The van der Waals surface area contributed by atoms with Crippen LogP contribution < -0.4 is 4.74 Å². The number of halogens is 5. The zero-order chi connectivity index (χ0) is 14.9. The lowest BCUT2D eigenvalue weighted by Crippen LogP contribution is -2.00. The van der Waals surface area contributed by atoms with Gasteiger partial charge in [0.1, 0.15) is 11.6 Å². The molecule has 0 aliphatic carbocycles. The highest BCUT2D eigenvalue weighted by Gasteiger charge is 2.21. The maximum atomic E-state index is 14.0. The standard InChI is InChI=1S/C14H9Br3ClFO/c1-20-14-10(5-8(18)6-11(14)16)13(17)9-4-7(15)2-3-12(9)19/h2-6,13H,1H3. The van der Waals surface area contributed by atoms with Crippen molar-refractivity contribution >= 4 is 59.4 Å². The Labute approximate surface area is 146 Å². The van der Waals surface area contributed by atoms with E-state index >= 15 is 0 Å². The average Bonchev–Trinajstić information content (AvgIpc) is 2.40. The summed E-state index contributed by atoms with van der Waals surface area (Å²) in [7, 11) is 1.56. The van der Waals surface area contributed by atoms with Crippen LogP contribution in [-0.2, 0) is 0 Å². The van der Waals surface area contributed by atoms with E-state index in [-0.39, 0.29) is 10.6 Å². The third kappa shape index (κ3) is 3.38. The van der Waals surface area contributed by atoms with Gasteiger partial charge in [-0.3, -0.25) is 0 Å². The summed E-state index contributed by atoms with van der Waals surface area (Å²) in [6, 6.07) is 8.29. The molecule has 0 amide bonds. The molecule has 0 aromatic heterocycles. The molecule has 0 aliphatic rings. The van der Waals surface area contributed by atoms with Gasteiger partial charge in [0, 0.05) is 20.6 Å². The fourth-order valence-electron chi connectivity index (χ4n) is 1.86. The number of hydrogen-bond donors (Lipinski definition) is 0. The fourth-order valence-corrected chi connectivity index (χ4v) is 3.93. The fraction of sp³-hybridized carbons (Fsp3) is 0.143. The van der Waals surface area contributed by atoms with Crippen LogP contribution in [0.3, 0.4) is 0 Å². The van der Waals surface area contributed by atoms with Gasteiger partial charge in [-0.05, 0) is 46.3 Å². The van der Waals surface area contributed by atoms with E-state index in [1.165, 1.54) is 6.07 Å². The molecule has 1 nitrogen and oxygen atoms in total. The first kappa shape index (κ1) is 16.3. The maximum absolute atomic E-state index is 14.0. The van der Waals surface area contributed by atoms with Gasteiger partial charge < -0.3 is 4.74 Å². The summed E-state index contributed by atoms with van der Waals surface area (Å²) in [5.41, 5.74) is 1.26. The van der Waals surface area contributed by atoms with Gasteiger partial charge in [0.2, 0.25) is 0 Å². The molecule has 0 radical (unpaired) electrons. The molecule has 0 spiro atoms. The Morgan fingerprint density at radius 2 is 1.85 bits per heavy atom. The molecular formula is C14H9Br3ClFO. The van der Waals surface area contributed by atoms with Crippen molar-refractivity contribution in [1.82, 2.24) is 0 Å². The first-order chi connectivity index (χ1) is 9.43. The van der Waals surface area contributed by atoms with Crippen LogP contribution in [0, 0.1) is 5.82 Å². The molecule has 0 saturated heterocycles. The van der Waals surface area contributed by atoms with E-state index in [4.69, 9.17) is 16.3 Å². The van der Waals surface area contributed by atoms with Crippen molar-refractivity contribution in [1.29, 1.82) is 0 Å². The quantitative estimate of drug-likeness (QED) is 0.450. The van der Waals surface area contributed by atoms with Crippen molar-refractivity contribution < 1.29 is 9.13 Å². The monoisotopic (exact) mass is 484 g/mol. The first-order valence-electron chi connectivity index (χ1n) is 5.56. The van der Waals surface area contributed by atoms with Crippen molar-refractivity contribution in [3.05, 3.63) is 61.2 Å². The van der Waals surface area contributed by atoms with Crippen LogP contribution in [0.2, 0.25) is 5.02 Å². The lowest BCUT2D eigenvalue weighted by atomic mass is 10.0. The Hall–Kier alpha value is -0.100. The number of methoxy groups -OCH3 is 1. The zero-order valence-electron chi connectivity index (χ0n) is 10.3. The first-order valence-corrected chi connectivity index (χ1v) is 8.44. The normalized spacial score (nSPS) is 12.3. The van der Waals surface area contributed by atoms with E-state index in [0.29, 0.717) is 16.3 Å². The molecule has 1 atom stereocenters. The second-order valence-electron chi connectivity index (χ2n) is 4.04. The molecule has 0 heterocycles. The van der Waals surface area contributed by atoms with Crippen LogP contribution in [0.1, 0.15) is 16.0 Å². The minimum atomic E-state index is -0.370. The Morgan fingerprint density at radius 3 is 2.50 bits per heavy atom. The highest BCUT2D eigenvalue weighted by Crippen LogP contribution is 2.43. The molecule has 0 N–H and O–H groups in total. The number of rotatable bonds is 3. The lowest BCUT2D eigenvalue weighted by molar-refractivity contribution is 0.407. The molecule has 0 bridgehead atoms. The van der Waals surface area contributed by atoms with Gasteiger partial charge in [0.15, 0.2) is 0 Å². The summed E-state index contributed by atoms with van der Waals surface area (Å²) < 4.78 is 20.9. The molecule has 6 heteroatoms. The molecule has 0 fully saturated rings. The number of hydrogen-bond acceptors (Lipinski definition) is 1. The maximum Gasteiger partial charge on any atom is 0.137 e. The zero-order valence-corrected chi connectivity index (χ0v) is 15.8. The van der Waals surface area contributed by atoms with Crippen molar-refractivity contribution in [3.63, 3.8) is 0 Å². The highest BCUT2D eigenvalue weighted by atomic mass is 79.9. The van der Waals surface area contributed by atoms with Gasteiger partial charge in [-0.1, -0.05) is 43.5 Å². The van der Waals surface area contributed by atoms with Crippen LogP contribution in [0.15, 0.2) is 39.3 Å². The molecule has 20 heavy (non-hydrogen) atoms. The van der Waals surface area contributed by atoms with E-state index < -0.39 is 0 Å². The van der Waals surface area contributed by atoms with Crippen LogP contribution in [-0.4, -0.2) is 7.11 Å². The molecule has 106 valence electrons. The van der Waals surface area contributed by atoms with E-state index in [2.05, 4.69) is 47.8 Å². The molecule has 2 aromatic carbocycles. The smallest absolute Gasteiger partial charge is 0.137 e. The third-order valence-corrected chi connectivity index (χ3v) is 5.03. The number of alkyl halides is 1. The van der Waals surface area contributed by atoms with Crippen molar-refractivity contribution in [3.8, 4) is 5.75 Å². The Balaban J connectivity index is 2.58. The third-order valence-electron chi connectivity index (χ3n) is 2.75. The molecular weight excluding hydrogens is 478 g/mol. The van der Waals surface area contributed by atoms with Gasteiger partial charge in [0.05, 0.1) is 16.4 Å². The molecule has 2 aromatic rings. The minimum Gasteiger partial charge on any atom is -0.495 e. The Morgan fingerprint density at radius 1 is 1.15 bits per heavy atom. The largest absolute Gasteiger partial charge is 0.495 e. The summed E-state index contributed by atoms with van der Waals surface area (Å²) in [6.07, 6.45) is 0. The van der Waals surface area contributed by atoms with E-state index in [1.807, 2.05) is 0 Å². The highest BCUT2D eigenvalue weighted by molar-refractivity contribution is 9.11. The van der Waals surface area contributed by atoms with Crippen LogP contribution in [0.4, 0.5) is 4.39 Å². The van der Waals surface area contributed by atoms with Crippen molar-refractivity contribution in [2.45, 2.75) is 4.83 Å². The van der Waals surface area contributed by atoms with Gasteiger partial charge in [0.25, 0.3) is 0 Å². The predicted octanol–water partition coefficient (Wildman–Crippen LogP) is 6.50. The van der Waals surface area contributed by atoms with Gasteiger partial charge >= 0.3 is 0 Å². The topological polar surface area (TPSA) is 9.23 Å². The van der Waals surface area contributed by atoms with E-state index in [1.54, 1.807) is 31.4 Å². The Kier molecular flexibility index (Phi) is 5.51. The summed E-state index contributed by atoms with van der Waals surface area (Å²) in [6.45, 7) is 0. The van der Waals surface area contributed by atoms with Crippen LogP contribution >= 0.6 is 59.4 Å². The van der Waals surface area contributed by atoms with E-state index in [9.17, 15) is 4.39 Å².